The first-order valence-corrected chi connectivity index (χ1v) is 6.38. The summed E-state index contributed by atoms with van der Waals surface area (Å²) in [4.78, 5) is 8.37. The highest BCUT2D eigenvalue weighted by molar-refractivity contribution is 7.98. The van der Waals surface area contributed by atoms with Crippen molar-refractivity contribution in [1.82, 2.24) is 9.97 Å². The van der Waals surface area contributed by atoms with Crippen LogP contribution in [0.25, 0.3) is 0 Å². The van der Waals surface area contributed by atoms with Crippen molar-refractivity contribution in [3.05, 3.63) is 24.5 Å². The van der Waals surface area contributed by atoms with Gasteiger partial charge in [0.15, 0.2) is 0 Å². The van der Waals surface area contributed by atoms with E-state index in [1.807, 2.05) is 12.3 Å². The second-order valence-electron chi connectivity index (χ2n) is 3.57. The predicted molar refractivity (Wildman–Crippen MR) is 64.2 cm³/mol. The van der Waals surface area contributed by atoms with Crippen molar-refractivity contribution in [2.24, 2.45) is 0 Å². The Morgan fingerprint density at radius 3 is 3.07 bits per heavy atom. The van der Waals surface area contributed by atoms with Gasteiger partial charge in [-0.15, -0.1) is 11.8 Å². The normalized spacial score (nSPS) is 20.2. The van der Waals surface area contributed by atoms with Crippen LogP contribution in [0.5, 0.6) is 0 Å². The molecule has 1 unspecified atom stereocenters. The van der Waals surface area contributed by atoms with Crippen LogP contribution in [-0.4, -0.2) is 22.3 Å². The zero-order valence-electron chi connectivity index (χ0n) is 8.81. The van der Waals surface area contributed by atoms with E-state index >= 15 is 0 Å². The van der Waals surface area contributed by atoms with E-state index in [1.165, 1.54) is 6.42 Å². The Morgan fingerprint density at radius 1 is 1.40 bits per heavy atom. The predicted octanol–water partition coefficient (Wildman–Crippen LogP) is 2.72. The summed E-state index contributed by atoms with van der Waals surface area (Å²) in [5.74, 6) is 0.939. The van der Waals surface area contributed by atoms with Gasteiger partial charge in [-0.1, -0.05) is 12.2 Å². The lowest BCUT2D eigenvalue weighted by Gasteiger charge is -2.19. The van der Waals surface area contributed by atoms with E-state index in [9.17, 15) is 0 Å². The molecular formula is C11H15N3S. The molecule has 1 aromatic heterocycles. The van der Waals surface area contributed by atoms with E-state index in [1.54, 1.807) is 18.1 Å². The van der Waals surface area contributed by atoms with E-state index in [0.29, 0.717) is 6.04 Å². The summed E-state index contributed by atoms with van der Waals surface area (Å²) < 4.78 is 0. The van der Waals surface area contributed by atoms with Crippen molar-refractivity contribution < 1.29 is 0 Å². The van der Waals surface area contributed by atoms with Gasteiger partial charge in [-0.05, 0) is 25.5 Å². The third kappa shape index (κ3) is 2.96. The Labute approximate surface area is 94.4 Å². The molecule has 0 fully saturated rings. The number of allylic oxidation sites excluding steroid dienone is 1. The van der Waals surface area contributed by atoms with Crippen molar-refractivity contribution >= 4 is 17.6 Å². The van der Waals surface area contributed by atoms with Crippen LogP contribution in [0.2, 0.25) is 0 Å². The van der Waals surface area contributed by atoms with Gasteiger partial charge in [0, 0.05) is 12.1 Å². The van der Waals surface area contributed by atoms with Crippen LogP contribution >= 0.6 is 11.8 Å². The minimum atomic E-state index is 0.527. The number of rotatable bonds is 3. The van der Waals surface area contributed by atoms with Crippen LogP contribution in [0, 0.1) is 0 Å². The monoisotopic (exact) mass is 221 g/mol. The minimum Gasteiger partial charge on any atom is -0.367 e. The average molecular weight is 221 g/mol. The molecule has 0 saturated carbocycles. The van der Waals surface area contributed by atoms with Crippen LogP contribution in [0.15, 0.2) is 29.6 Å². The fourth-order valence-corrected chi connectivity index (χ4v) is 2.05. The Hall–Kier alpha value is -1.03. The standard InChI is InChI=1S/C11H15N3S/c1-15-11-7-10(12-8-13-11)14-9-5-3-2-4-6-9/h2-3,7-9H,4-6H2,1H3,(H,12,13,14). The number of hydrogen-bond acceptors (Lipinski definition) is 4. The molecule has 0 aliphatic heterocycles. The molecule has 4 heteroatoms. The molecule has 0 spiro atoms. The molecule has 0 bridgehead atoms. The minimum absolute atomic E-state index is 0.527. The van der Waals surface area contributed by atoms with E-state index in [-0.39, 0.29) is 0 Å². The summed E-state index contributed by atoms with van der Waals surface area (Å²) in [6.45, 7) is 0. The second kappa shape index (κ2) is 5.16. The van der Waals surface area contributed by atoms with Crippen LogP contribution in [-0.2, 0) is 0 Å². The van der Waals surface area contributed by atoms with E-state index in [0.717, 1.165) is 23.7 Å². The average Bonchev–Trinajstić information content (AvgIpc) is 2.31. The molecule has 0 amide bonds. The molecule has 0 aromatic carbocycles. The van der Waals surface area contributed by atoms with Crippen LogP contribution in [0.1, 0.15) is 19.3 Å². The topological polar surface area (TPSA) is 37.8 Å². The molecule has 3 nitrogen and oxygen atoms in total. The molecule has 0 radical (unpaired) electrons. The number of hydrogen-bond donors (Lipinski definition) is 1. The molecule has 1 aliphatic carbocycles. The maximum Gasteiger partial charge on any atom is 0.130 e. The molecular weight excluding hydrogens is 206 g/mol. The van der Waals surface area contributed by atoms with Gasteiger partial charge in [0.05, 0.1) is 0 Å². The Bertz CT molecular complexity index is 351. The highest BCUT2D eigenvalue weighted by Gasteiger charge is 2.09. The van der Waals surface area contributed by atoms with Gasteiger partial charge >= 0.3 is 0 Å². The lowest BCUT2D eigenvalue weighted by molar-refractivity contribution is 0.641. The quantitative estimate of drug-likeness (QED) is 0.484. The molecule has 0 saturated heterocycles. The van der Waals surface area contributed by atoms with E-state index in [2.05, 4.69) is 27.4 Å². The largest absolute Gasteiger partial charge is 0.367 e. The van der Waals surface area contributed by atoms with Crippen molar-refractivity contribution in [2.45, 2.75) is 30.3 Å². The maximum atomic E-state index is 4.22. The molecule has 2 rings (SSSR count). The zero-order valence-corrected chi connectivity index (χ0v) is 9.63. The van der Waals surface area contributed by atoms with Crippen LogP contribution in [0.3, 0.4) is 0 Å². The Morgan fingerprint density at radius 2 is 2.33 bits per heavy atom. The number of nitrogens with zero attached hydrogens (tertiary/aromatic N) is 2. The first kappa shape index (κ1) is 10.5. The summed E-state index contributed by atoms with van der Waals surface area (Å²) in [6, 6.07) is 2.53. The maximum absolute atomic E-state index is 4.22. The van der Waals surface area contributed by atoms with Gasteiger partial charge in [-0.3, -0.25) is 0 Å². The molecule has 1 aliphatic rings. The highest BCUT2D eigenvalue weighted by Crippen LogP contribution is 2.18. The zero-order chi connectivity index (χ0) is 10.5. The third-order valence-corrected chi connectivity index (χ3v) is 3.11. The highest BCUT2D eigenvalue weighted by atomic mass is 32.2. The van der Waals surface area contributed by atoms with Gasteiger partial charge in [-0.2, -0.15) is 0 Å². The van der Waals surface area contributed by atoms with Gasteiger partial charge < -0.3 is 5.32 Å². The van der Waals surface area contributed by atoms with Crippen molar-refractivity contribution in [1.29, 1.82) is 0 Å². The second-order valence-corrected chi connectivity index (χ2v) is 4.40. The van der Waals surface area contributed by atoms with Gasteiger partial charge in [-0.25, -0.2) is 9.97 Å². The number of aromatic nitrogens is 2. The smallest absolute Gasteiger partial charge is 0.130 e. The first-order valence-electron chi connectivity index (χ1n) is 5.16. The van der Waals surface area contributed by atoms with E-state index < -0.39 is 0 Å². The molecule has 1 heterocycles. The third-order valence-electron chi connectivity index (χ3n) is 2.47. The number of thioether (sulfide) groups is 1. The summed E-state index contributed by atoms with van der Waals surface area (Å²) in [5, 5.41) is 4.45. The number of anilines is 1. The SMILES string of the molecule is CSc1cc(NC2CC=CCC2)ncn1. The lowest BCUT2D eigenvalue weighted by Crippen LogP contribution is -2.20. The fourth-order valence-electron chi connectivity index (χ4n) is 1.66. The molecule has 15 heavy (non-hydrogen) atoms. The molecule has 1 N–H and O–H groups in total. The fraction of sp³-hybridized carbons (Fsp3) is 0.455. The Kier molecular flexibility index (Phi) is 3.61. The van der Waals surface area contributed by atoms with Crippen molar-refractivity contribution in [3.8, 4) is 0 Å². The molecule has 80 valence electrons. The van der Waals surface area contributed by atoms with Crippen molar-refractivity contribution in [3.63, 3.8) is 0 Å². The summed E-state index contributed by atoms with van der Waals surface area (Å²) in [7, 11) is 0. The van der Waals surface area contributed by atoms with Gasteiger partial charge in [0.1, 0.15) is 17.2 Å². The first-order chi connectivity index (χ1) is 7.38. The van der Waals surface area contributed by atoms with Crippen LogP contribution in [0.4, 0.5) is 5.82 Å². The summed E-state index contributed by atoms with van der Waals surface area (Å²) >= 11 is 1.64. The van der Waals surface area contributed by atoms with Crippen molar-refractivity contribution in [2.75, 3.05) is 11.6 Å². The number of nitrogens with one attached hydrogen (secondary N) is 1. The lowest BCUT2D eigenvalue weighted by atomic mass is 10.0. The Balaban J connectivity index is 2.00. The van der Waals surface area contributed by atoms with Gasteiger partial charge in [0.2, 0.25) is 0 Å². The summed E-state index contributed by atoms with van der Waals surface area (Å²) in [6.07, 6.45) is 11.6. The molecule has 1 atom stereocenters. The molecule has 1 aromatic rings. The van der Waals surface area contributed by atoms with Gasteiger partial charge in [0.25, 0.3) is 0 Å². The van der Waals surface area contributed by atoms with Crippen LogP contribution < -0.4 is 5.32 Å². The van der Waals surface area contributed by atoms with E-state index in [4.69, 9.17) is 0 Å². The summed E-state index contributed by atoms with van der Waals surface area (Å²) in [5.41, 5.74) is 0.